The molecule has 1 amide bonds. The normalized spacial score (nSPS) is 10.0. The average molecular weight is 261 g/mol. The molecule has 0 spiro atoms. The number of carbonyl (C=O) groups is 1. The molecule has 0 radical (unpaired) electrons. The van der Waals surface area contributed by atoms with Gasteiger partial charge in [-0.05, 0) is 19.1 Å². The zero-order valence-electron chi connectivity index (χ0n) is 10.8. The van der Waals surface area contributed by atoms with Crippen LogP contribution in [0.3, 0.4) is 0 Å². The summed E-state index contributed by atoms with van der Waals surface area (Å²) < 4.78 is 10.0. The average Bonchev–Trinajstić information content (AvgIpc) is 2.83. The predicted molar refractivity (Wildman–Crippen MR) is 71.4 cm³/mol. The summed E-state index contributed by atoms with van der Waals surface area (Å²) in [5, 5.41) is 9.36. The molecule has 2 rings (SSSR count). The molecule has 0 aliphatic heterocycles. The summed E-state index contributed by atoms with van der Waals surface area (Å²) in [6.45, 7) is 1.89. The number of hydrogen-bond acceptors (Lipinski definition) is 5. The molecule has 1 heterocycles. The number of nitrogens with one attached hydrogen (secondary N) is 2. The second-order valence-corrected chi connectivity index (χ2v) is 3.92. The van der Waals surface area contributed by atoms with Crippen LogP contribution in [-0.4, -0.2) is 24.7 Å². The third-order valence-corrected chi connectivity index (χ3v) is 2.44. The Bertz CT molecular complexity index is 566. The van der Waals surface area contributed by atoms with Gasteiger partial charge >= 0.3 is 0 Å². The maximum absolute atomic E-state index is 11.8. The van der Waals surface area contributed by atoms with E-state index in [-0.39, 0.29) is 12.5 Å². The molecular weight excluding hydrogens is 246 g/mol. The van der Waals surface area contributed by atoms with Crippen LogP contribution in [0.25, 0.3) is 0 Å². The van der Waals surface area contributed by atoms with E-state index >= 15 is 0 Å². The van der Waals surface area contributed by atoms with Gasteiger partial charge < -0.3 is 19.9 Å². The number of aryl methyl sites for hydroxylation is 1. The molecule has 2 N–H and O–H groups in total. The number of benzene rings is 1. The van der Waals surface area contributed by atoms with Crippen LogP contribution in [0, 0.1) is 6.92 Å². The lowest BCUT2D eigenvalue weighted by Gasteiger charge is -2.09. The molecule has 0 saturated heterocycles. The first-order valence-corrected chi connectivity index (χ1v) is 5.79. The fraction of sp³-hybridized carbons (Fsp3) is 0.231. The molecule has 6 nitrogen and oxygen atoms in total. The van der Waals surface area contributed by atoms with Crippen LogP contribution in [0.5, 0.6) is 5.75 Å². The summed E-state index contributed by atoms with van der Waals surface area (Å²) in [4.78, 5) is 11.8. The summed E-state index contributed by atoms with van der Waals surface area (Å²) in [6.07, 6.45) is 0. The largest absolute Gasteiger partial charge is 0.495 e. The van der Waals surface area contributed by atoms with E-state index in [0.29, 0.717) is 23.0 Å². The van der Waals surface area contributed by atoms with Crippen molar-refractivity contribution in [3.63, 3.8) is 0 Å². The highest BCUT2D eigenvalue weighted by molar-refractivity contribution is 5.94. The molecule has 0 unspecified atom stereocenters. The van der Waals surface area contributed by atoms with Crippen LogP contribution >= 0.6 is 0 Å². The number of nitrogens with zero attached hydrogens (tertiary/aromatic N) is 1. The zero-order valence-corrected chi connectivity index (χ0v) is 10.8. The monoisotopic (exact) mass is 261 g/mol. The Labute approximate surface area is 110 Å². The van der Waals surface area contributed by atoms with Crippen molar-refractivity contribution >= 4 is 17.4 Å². The predicted octanol–water partition coefficient (Wildman–Crippen LogP) is 2.04. The Balaban J connectivity index is 1.90. The highest BCUT2D eigenvalue weighted by Gasteiger charge is 2.07. The number of carbonyl (C=O) groups excluding carboxylic acids is 1. The van der Waals surface area contributed by atoms with E-state index in [9.17, 15) is 4.79 Å². The lowest BCUT2D eigenvalue weighted by molar-refractivity contribution is -0.114. The highest BCUT2D eigenvalue weighted by Crippen LogP contribution is 2.22. The van der Waals surface area contributed by atoms with E-state index in [1.807, 2.05) is 12.1 Å². The van der Waals surface area contributed by atoms with Gasteiger partial charge in [0.05, 0.1) is 19.3 Å². The van der Waals surface area contributed by atoms with Gasteiger partial charge in [0, 0.05) is 6.07 Å². The number of amides is 1. The quantitative estimate of drug-likeness (QED) is 0.861. The first kappa shape index (κ1) is 12.9. The molecule has 0 saturated carbocycles. The first-order chi connectivity index (χ1) is 9.19. The van der Waals surface area contributed by atoms with E-state index < -0.39 is 0 Å². The number of methoxy groups -OCH3 is 1. The van der Waals surface area contributed by atoms with Gasteiger partial charge in [-0.2, -0.15) is 0 Å². The molecule has 19 heavy (non-hydrogen) atoms. The molecule has 1 aromatic carbocycles. The molecule has 0 bridgehead atoms. The minimum absolute atomic E-state index is 0.101. The first-order valence-electron chi connectivity index (χ1n) is 5.79. The van der Waals surface area contributed by atoms with Crippen LogP contribution in [-0.2, 0) is 4.79 Å². The maximum Gasteiger partial charge on any atom is 0.243 e. The Morgan fingerprint density at radius 3 is 2.89 bits per heavy atom. The Morgan fingerprint density at radius 1 is 1.42 bits per heavy atom. The van der Waals surface area contributed by atoms with Gasteiger partial charge in [-0.25, -0.2) is 0 Å². The van der Waals surface area contributed by atoms with E-state index in [1.54, 1.807) is 32.2 Å². The summed E-state index contributed by atoms with van der Waals surface area (Å²) in [5.74, 6) is 1.65. The van der Waals surface area contributed by atoms with Gasteiger partial charge in [-0.15, -0.1) is 0 Å². The Morgan fingerprint density at radius 2 is 2.21 bits per heavy atom. The SMILES string of the molecule is COc1ccccc1NC(=O)CNc1cc(C)on1. The standard InChI is InChI=1S/C13H15N3O3/c1-9-7-12(16-19-9)14-8-13(17)15-10-5-3-4-6-11(10)18-2/h3-7H,8H2,1-2H3,(H,14,16)(H,15,17). The van der Waals surface area contributed by atoms with E-state index in [1.165, 1.54) is 0 Å². The molecule has 0 aliphatic rings. The van der Waals surface area contributed by atoms with Crippen molar-refractivity contribution in [2.24, 2.45) is 0 Å². The van der Waals surface area contributed by atoms with Gasteiger partial charge in [0.2, 0.25) is 5.91 Å². The lowest BCUT2D eigenvalue weighted by Crippen LogP contribution is -2.22. The van der Waals surface area contributed by atoms with Crippen LogP contribution in [0.15, 0.2) is 34.9 Å². The third-order valence-electron chi connectivity index (χ3n) is 2.44. The van der Waals surface area contributed by atoms with Crippen molar-refractivity contribution in [2.45, 2.75) is 6.92 Å². The molecule has 6 heteroatoms. The van der Waals surface area contributed by atoms with E-state index in [4.69, 9.17) is 9.26 Å². The number of para-hydroxylation sites is 2. The van der Waals surface area contributed by atoms with Crippen LogP contribution in [0.4, 0.5) is 11.5 Å². The number of ether oxygens (including phenoxy) is 1. The zero-order chi connectivity index (χ0) is 13.7. The van der Waals surface area contributed by atoms with Gasteiger partial charge in [0.15, 0.2) is 5.82 Å². The Hall–Kier alpha value is -2.50. The van der Waals surface area contributed by atoms with Crippen molar-refractivity contribution < 1.29 is 14.1 Å². The minimum Gasteiger partial charge on any atom is -0.495 e. The van der Waals surface area contributed by atoms with E-state index in [2.05, 4.69) is 15.8 Å². The second kappa shape index (κ2) is 5.90. The van der Waals surface area contributed by atoms with Gasteiger partial charge in [-0.3, -0.25) is 4.79 Å². The number of rotatable bonds is 5. The van der Waals surface area contributed by atoms with E-state index in [0.717, 1.165) is 0 Å². The summed E-state index contributed by atoms with van der Waals surface area (Å²) in [7, 11) is 1.56. The molecule has 0 fully saturated rings. The molecule has 2 aromatic rings. The van der Waals surface area contributed by atoms with Crippen molar-refractivity contribution in [1.82, 2.24) is 5.16 Å². The number of aromatic nitrogens is 1. The molecule has 1 aromatic heterocycles. The number of hydrogen-bond donors (Lipinski definition) is 2. The third kappa shape index (κ3) is 3.48. The van der Waals surface area contributed by atoms with Crippen LogP contribution in [0.2, 0.25) is 0 Å². The smallest absolute Gasteiger partial charge is 0.243 e. The fourth-order valence-corrected chi connectivity index (χ4v) is 1.56. The minimum atomic E-state index is -0.190. The topological polar surface area (TPSA) is 76.4 Å². The Kier molecular flexibility index (Phi) is 4.02. The second-order valence-electron chi connectivity index (χ2n) is 3.92. The van der Waals surface area contributed by atoms with Crippen molar-refractivity contribution in [1.29, 1.82) is 0 Å². The molecule has 100 valence electrons. The van der Waals surface area contributed by atoms with Gasteiger partial charge in [0.25, 0.3) is 0 Å². The fourth-order valence-electron chi connectivity index (χ4n) is 1.56. The van der Waals surface area contributed by atoms with Crippen molar-refractivity contribution in [3.8, 4) is 5.75 Å². The summed E-state index contributed by atoms with van der Waals surface area (Å²) >= 11 is 0. The maximum atomic E-state index is 11.8. The van der Waals surface area contributed by atoms with Gasteiger partial charge in [0.1, 0.15) is 11.5 Å². The van der Waals surface area contributed by atoms with Gasteiger partial charge in [-0.1, -0.05) is 17.3 Å². The highest BCUT2D eigenvalue weighted by atomic mass is 16.5. The van der Waals surface area contributed by atoms with Crippen molar-refractivity contribution in [2.75, 3.05) is 24.3 Å². The van der Waals surface area contributed by atoms with Crippen LogP contribution in [0.1, 0.15) is 5.76 Å². The lowest BCUT2D eigenvalue weighted by atomic mass is 10.3. The molecule has 0 atom stereocenters. The molecular formula is C13H15N3O3. The molecule has 0 aliphatic carbocycles. The van der Waals surface area contributed by atoms with Crippen molar-refractivity contribution in [3.05, 3.63) is 36.1 Å². The summed E-state index contributed by atoms with van der Waals surface area (Å²) in [5.41, 5.74) is 0.633. The number of anilines is 2. The summed E-state index contributed by atoms with van der Waals surface area (Å²) in [6, 6.07) is 8.94. The van der Waals surface area contributed by atoms with Crippen LogP contribution < -0.4 is 15.4 Å².